The van der Waals surface area contributed by atoms with E-state index < -0.39 is 5.91 Å². The van der Waals surface area contributed by atoms with Gasteiger partial charge in [0.1, 0.15) is 0 Å². The van der Waals surface area contributed by atoms with Crippen LogP contribution in [0.15, 0.2) is 12.3 Å². The summed E-state index contributed by atoms with van der Waals surface area (Å²) in [6, 6.07) is 2.50. The number of hydroxylamine groups is 1. The second kappa shape index (κ2) is 3.94. The highest BCUT2D eigenvalue weighted by atomic mass is 16.5. The fraction of sp³-hybridized carbons (Fsp3) is 0.700. The van der Waals surface area contributed by atoms with Crippen LogP contribution in [0.25, 0.3) is 0 Å². The number of nitrogens with one attached hydrogen (secondary N) is 1. The molecule has 1 aliphatic heterocycles. The maximum absolute atomic E-state index is 11.7. The molecule has 1 aromatic rings. The summed E-state index contributed by atoms with van der Waals surface area (Å²) in [6.45, 7) is 4.47. The quantitative estimate of drug-likeness (QED) is 0.648. The molecule has 0 spiro atoms. The minimum atomic E-state index is -0.472. The molecule has 0 aromatic carbocycles. The van der Waals surface area contributed by atoms with Crippen LogP contribution in [0.2, 0.25) is 0 Å². The van der Waals surface area contributed by atoms with Crippen molar-refractivity contribution in [2.24, 2.45) is 46.8 Å². The standard InChI is InChI=1S/C20H23N3O2/c1-2-10-4-11-9(3-8(5-21-11)19(24)22-25)6-23(10)7-20-16-13-12-14(16)18(20)15(12)17(13)20/h3,5,10,12-18,25H,2,4,6-7H2,1H3,(H,22,24)/t10-,12?,13?,14?,15?,16?,17?,18?,20?/m1/s1. The topological polar surface area (TPSA) is 65.5 Å². The van der Waals surface area contributed by atoms with Crippen molar-refractivity contribution in [1.82, 2.24) is 15.4 Å². The van der Waals surface area contributed by atoms with Gasteiger partial charge >= 0.3 is 0 Å². The van der Waals surface area contributed by atoms with Crippen LogP contribution in [0.1, 0.15) is 35.0 Å². The summed E-state index contributed by atoms with van der Waals surface area (Å²) in [5.41, 5.74) is 5.18. The van der Waals surface area contributed by atoms with Gasteiger partial charge in [-0.15, -0.1) is 0 Å². The Bertz CT molecular complexity index is 785. The third-order valence-electron chi connectivity index (χ3n) is 9.37. The minimum absolute atomic E-state index is 0.451. The summed E-state index contributed by atoms with van der Waals surface area (Å²) in [7, 11) is 0. The van der Waals surface area contributed by atoms with Crippen LogP contribution in [-0.4, -0.2) is 33.6 Å². The molecule has 8 rings (SSSR count). The summed E-state index contributed by atoms with van der Waals surface area (Å²) in [5.74, 6) is 7.37. The van der Waals surface area contributed by atoms with E-state index in [0.717, 1.165) is 60.6 Å². The average molecular weight is 337 g/mol. The van der Waals surface area contributed by atoms with Gasteiger partial charge in [-0.05, 0) is 64.9 Å². The molecule has 1 atom stereocenters. The lowest BCUT2D eigenvalue weighted by Gasteiger charge is -3.08. The molecule has 0 bridgehead atoms. The van der Waals surface area contributed by atoms with Crippen molar-refractivity contribution in [2.45, 2.75) is 32.4 Å². The largest absolute Gasteiger partial charge is 0.295 e. The molecule has 2 N–H and O–H groups in total. The SMILES string of the molecule is CC[C@@H]1Cc2ncc(C(=O)NO)cc2CN1CC12C3C4C5C3C1C5C42. The Morgan fingerprint density at radius 3 is 2.68 bits per heavy atom. The number of pyridine rings is 1. The number of nitrogens with zero attached hydrogens (tertiary/aromatic N) is 2. The van der Waals surface area contributed by atoms with Gasteiger partial charge in [-0.3, -0.25) is 19.9 Å². The first-order chi connectivity index (χ1) is 12.2. The van der Waals surface area contributed by atoms with Gasteiger partial charge in [-0.1, -0.05) is 6.92 Å². The van der Waals surface area contributed by atoms with Crippen LogP contribution in [-0.2, 0) is 13.0 Å². The second-order valence-electron chi connectivity index (χ2n) is 9.44. The summed E-state index contributed by atoms with van der Waals surface area (Å²) in [6.07, 6.45) is 3.74. The van der Waals surface area contributed by atoms with Crippen molar-refractivity contribution in [1.29, 1.82) is 0 Å². The number of rotatable bonds is 4. The third kappa shape index (κ3) is 1.16. The van der Waals surface area contributed by atoms with Gasteiger partial charge in [-0.25, -0.2) is 5.48 Å². The van der Waals surface area contributed by atoms with Crippen LogP contribution in [0.5, 0.6) is 0 Å². The first-order valence-electron chi connectivity index (χ1n) is 9.87. The molecule has 6 saturated carbocycles. The maximum atomic E-state index is 11.7. The van der Waals surface area contributed by atoms with E-state index in [9.17, 15) is 4.79 Å². The average Bonchev–Trinajstić information content (AvgIpc) is 2.66. The van der Waals surface area contributed by atoms with Crippen molar-refractivity contribution in [3.8, 4) is 0 Å². The molecule has 7 aliphatic rings. The lowest BCUT2D eigenvalue weighted by Crippen LogP contribution is -3.06. The summed E-state index contributed by atoms with van der Waals surface area (Å²) in [4.78, 5) is 18.9. The summed E-state index contributed by atoms with van der Waals surface area (Å²) < 4.78 is 0. The maximum Gasteiger partial charge on any atom is 0.276 e. The highest BCUT2D eigenvalue weighted by Crippen LogP contribution is 3.05. The molecule has 0 unspecified atom stereocenters. The lowest BCUT2D eigenvalue weighted by atomic mass is 8.96. The Balaban J connectivity index is 1.18. The smallest absolute Gasteiger partial charge is 0.276 e. The molecule has 6 fully saturated rings. The Kier molecular flexibility index (Phi) is 2.16. The van der Waals surface area contributed by atoms with Crippen molar-refractivity contribution in [3.05, 3.63) is 29.1 Å². The van der Waals surface area contributed by atoms with E-state index in [1.807, 2.05) is 6.07 Å². The van der Waals surface area contributed by atoms with Gasteiger partial charge in [0.15, 0.2) is 0 Å². The minimum Gasteiger partial charge on any atom is -0.295 e. The molecule has 2 heterocycles. The van der Waals surface area contributed by atoms with Gasteiger partial charge in [0.05, 0.1) is 5.56 Å². The number of carbonyl (C=O) groups is 1. The fourth-order valence-corrected chi connectivity index (χ4v) is 8.67. The number of aromatic nitrogens is 1. The lowest BCUT2D eigenvalue weighted by molar-refractivity contribution is -0.615. The highest BCUT2D eigenvalue weighted by Gasteiger charge is 3.03. The molecule has 130 valence electrons. The predicted octanol–water partition coefficient (Wildman–Crippen LogP) is 1.71. The molecule has 0 radical (unpaired) electrons. The second-order valence-corrected chi connectivity index (χ2v) is 9.44. The molecular weight excluding hydrogens is 314 g/mol. The van der Waals surface area contributed by atoms with Gasteiger partial charge in [0, 0.05) is 37.4 Å². The Hall–Kier alpha value is -1.46. The molecule has 1 aromatic heterocycles. The van der Waals surface area contributed by atoms with Crippen LogP contribution in [0.4, 0.5) is 0 Å². The van der Waals surface area contributed by atoms with Gasteiger partial charge in [0.2, 0.25) is 0 Å². The third-order valence-corrected chi connectivity index (χ3v) is 9.37. The molecule has 5 nitrogen and oxygen atoms in total. The monoisotopic (exact) mass is 337 g/mol. The Morgan fingerprint density at radius 2 is 2.04 bits per heavy atom. The first-order valence-corrected chi connectivity index (χ1v) is 9.87. The van der Waals surface area contributed by atoms with Crippen molar-refractivity contribution in [2.75, 3.05) is 6.54 Å². The number of fused-ring (bicyclic) bond motifs is 1. The van der Waals surface area contributed by atoms with E-state index in [0.29, 0.717) is 17.0 Å². The van der Waals surface area contributed by atoms with Crippen LogP contribution in [0, 0.1) is 46.8 Å². The number of amides is 1. The van der Waals surface area contributed by atoms with E-state index in [4.69, 9.17) is 5.21 Å². The molecule has 25 heavy (non-hydrogen) atoms. The summed E-state index contributed by atoms with van der Waals surface area (Å²) >= 11 is 0. The van der Waals surface area contributed by atoms with Crippen molar-refractivity contribution < 1.29 is 10.0 Å². The van der Waals surface area contributed by atoms with Crippen LogP contribution in [0.3, 0.4) is 0 Å². The van der Waals surface area contributed by atoms with E-state index in [-0.39, 0.29) is 0 Å². The van der Waals surface area contributed by atoms with E-state index in [1.54, 1.807) is 11.7 Å². The molecular formula is C20H23N3O2. The predicted molar refractivity (Wildman–Crippen MR) is 88.5 cm³/mol. The molecule has 0 saturated heterocycles. The zero-order valence-electron chi connectivity index (χ0n) is 14.4. The molecule has 6 aliphatic carbocycles. The Labute approximate surface area is 146 Å². The zero-order valence-corrected chi connectivity index (χ0v) is 14.4. The van der Waals surface area contributed by atoms with Gasteiger partial charge in [0.25, 0.3) is 5.91 Å². The molecule has 1 amide bonds. The van der Waals surface area contributed by atoms with Crippen LogP contribution < -0.4 is 5.48 Å². The first kappa shape index (κ1) is 13.7. The molecule has 5 heteroatoms. The zero-order chi connectivity index (χ0) is 16.7. The number of carbonyl (C=O) groups excluding carboxylic acids is 1. The number of hydrogen-bond donors (Lipinski definition) is 2. The van der Waals surface area contributed by atoms with Crippen molar-refractivity contribution in [3.63, 3.8) is 0 Å². The van der Waals surface area contributed by atoms with Crippen LogP contribution >= 0.6 is 0 Å². The fourth-order valence-electron chi connectivity index (χ4n) is 8.67. The normalized spacial score (nSPS) is 51.8. The van der Waals surface area contributed by atoms with Gasteiger partial charge < -0.3 is 0 Å². The van der Waals surface area contributed by atoms with E-state index in [1.165, 1.54) is 18.0 Å². The Morgan fingerprint density at radius 1 is 1.32 bits per heavy atom. The van der Waals surface area contributed by atoms with E-state index in [2.05, 4.69) is 16.8 Å². The van der Waals surface area contributed by atoms with E-state index >= 15 is 0 Å². The van der Waals surface area contributed by atoms with Gasteiger partial charge in [-0.2, -0.15) is 0 Å². The highest BCUT2D eigenvalue weighted by molar-refractivity contribution is 5.93. The van der Waals surface area contributed by atoms with Crippen molar-refractivity contribution >= 4 is 5.91 Å². The number of hydrogen-bond acceptors (Lipinski definition) is 4. The summed E-state index contributed by atoms with van der Waals surface area (Å²) in [5, 5.41) is 8.88.